The van der Waals surface area contributed by atoms with Gasteiger partial charge in [-0.05, 0) is 50.2 Å². The van der Waals surface area contributed by atoms with Crippen LogP contribution in [0.1, 0.15) is 11.4 Å². The van der Waals surface area contributed by atoms with Gasteiger partial charge in [0, 0.05) is 11.4 Å². The summed E-state index contributed by atoms with van der Waals surface area (Å²) in [5.74, 6) is 1.53. The van der Waals surface area contributed by atoms with Crippen molar-refractivity contribution in [3.05, 3.63) is 59.9 Å². The summed E-state index contributed by atoms with van der Waals surface area (Å²) in [5.41, 5.74) is 3.64. The van der Waals surface area contributed by atoms with Gasteiger partial charge in [-0.25, -0.2) is 9.97 Å². The molecule has 94 valence electrons. The molecular weight excluding hydrogens is 236 g/mol. The summed E-state index contributed by atoms with van der Waals surface area (Å²) in [6.45, 7) is 3.94. The Hall–Kier alpha value is -2.42. The van der Waals surface area contributed by atoms with Crippen molar-refractivity contribution in [2.75, 3.05) is 0 Å². The normalized spacial score (nSPS) is 10.6. The third-order valence-electron chi connectivity index (χ3n) is 2.89. The van der Waals surface area contributed by atoms with Crippen LogP contribution >= 0.6 is 0 Å². The fraction of sp³-hybridized carbons (Fsp3) is 0.125. The fourth-order valence-electron chi connectivity index (χ4n) is 1.97. The minimum absolute atomic E-state index is 0.766. The molecule has 0 aliphatic rings. The molecule has 3 heterocycles. The van der Waals surface area contributed by atoms with Gasteiger partial charge in [0.2, 0.25) is 0 Å². The Balaban J connectivity index is 2.00. The number of hydrogen-bond donors (Lipinski definition) is 0. The molecular formula is C16H14N2O. The molecule has 0 bridgehead atoms. The van der Waals surface area contributed by atoms with Crippen LogP contribution in [0, 0.1) is 13.8 Å². The first kappa shape index (κ1) is 11.7. The summed E-state index contributed by atoms with van der Waals surface area (Å²) < 4.78 is 5.84. The van der Waals surface area contributed by atoms with Crippen LogP contribution in [-0.4, -0.2) is 9.97 Å². The van der Waals surface area contributed by atoms with E-state index in [0.717, 1.165) is 34.3 Å². The first-order chi connectivity index (χ1) is 9.22. The van der Waals surface area contributed by atoms with Crippen molar-refractivity contribution in [2.24, 2.45) is 0 Å². The van der Waals surface area contributed by atoms with Gasteiger partial charge in [0.1, 0.15) is 11.4 Å². The van der Waals surface area contributed by atoms with Crippen LogP contribution in [0.5, 0.6) is 0 Å². The zero-order chi connectivity index (χ0) is 13.2. The Labute approximate surface area is 112 Å². The lowest BCUT2D eigenvalue weighted by Gasteiger charge is -1.99. The maximum Gasteiger partial charge on any atom is 0.153 e. The Bertz CT molecular complexity index is 656. The van der Waals surface area contributed by atoms with Crippen molar-refractivity contribution in [1.29, 1.82) is 0 Å². The largest absolute Gasteiger partial charge is 0.453 e. The third-order valence-corrected chi connectivity index (χ3v) is 2.89. The van der Waals surface area contributed by atoms with Crippen LogP contribution in [-0.2, 0) is 0 Å². The second kappa shape index (κ2) is 4.69. The quantitative estimate of drug-likeness (QED) is 0.689. The van der Waals surface area contributed by atoms with Crippen LogP contribution in [0.2, 0.25) is 0 Å². The van der Waals surface area contributed by atoms with Crippen molar-refractivity contribution >= 4 is 0 Å². The van der Waals surface area contributed by atoms with E-state index in [1.54, 1.807) is 0 Å². The monoisotopic (exact) mass is 250 g/mol. The highest BCUT2D eigenvalue weighted by Gasteiger charge is 2.08. The highest BCUT2D eigenvalue weighted by atomic mass is 16.3. The molecule has 0 unspecified atom stereocenters. The van der Waals surface area contributed by atoms with Gasteiger partial charge in [-0.3, -0.25) is 0 Å². The molecule has 0 aliphatic carbocycles. The molecule has 3 rings (SSSR count). The summed E-state index contributed by atoms with van der Waals surface area (Å²) in [7, 11) is 0. The molecule has 3 aromatic rings. The second-order valence-corrected chi connectivity index (χ2v) is 4.49. The van der Waals surface area contributed by atoms with Crippen molar-refractivity contribution in [2.45, 2.75) is 13.8 Å². The van der Waals surface area contributed by atoms with E-state index in [9.17, 15) is 0 Å². The SMILES string of the molecule is Cc1cccc(-c2ccc(-c3cccc(C)n3)o2)n1. The van der Waals surface area contributed by atoms with Crippen LogP contribution in [0.4, 0.5) is 0 Å². The van der Waals surface area contributed by atoms with Crippen LogP contribution in [0.3, 0.4) is 0 Å². The minimum atomic E-state index is 0.766. The van der Waals surface area contributed by atoms with E-state index in [-0.39, 0.29) is 0 Å². The summed E-state index contributed by atoms with van der Waals surface area (Å²) in [4.78, 5) is 8.91. The molecule has 0 aliphatic heterocycles. The van der Waals surface area contributed by atoms with Gasteiger partial charge in [-0.2, -0.15) is 0 Å². The highest BCUT2D eigenvalue weighted by molar-refractivity contribution is 5.60. The molecule has 3 nitrogen and oxygen atoms in total. The lowest BCUT2D eigenvalue weighted by atomic mass is 10.2. The number of pyridine rings is 2. The first-order valence-corrected chi connectivity index (χ1v) is 6.20. The fourth-order valence-corrected chi connectivity index (χ4v) is 1.97. The summed E-state index contributed by atoms with van der Waals surface area (Å²) >= 11 is 0. The first-order valence-electron chi connectivity index (χ1n) is 6.20. The molecule has 3 aromatic heterocycles. The van der Waals surface area contributed by atoms with Crippen molar-refractivity contribution in [3.63, 3.8) is 0 Å². The zero-order valence-electron chi connectivity index (χ0n) is 10.9. The molecule has 0 spiro atoms. The van der Waals surface area contributed by atoms with Gasteiger partial charge in [-0.15, -0.1) is 0 Å². The van der Waals surface area contributed by atoms with Gasteiger partial charge in [0.25, 0.3) is 0 Å². The van der Waals surface area contributed by atoms with Crippen LogP contribution in [0.15, 0.2) is 52.9 Å². The number of aryl methyl sites for hydroxylation is 2. The number of hydrogen-bond acceptors (Lipinski definition) is 3. The summed E-state index contributed by atoms with van der Waals surface area (Å²) in [5, 5.41) is 0. The lowest BCUT2D eigenvalue weighted by Crippen LogP contribution is -1.85. The van der Waals surface area contributed by atoms with Crippen LogP contribution in [0.25, 0.3) is 22.9 Å². The third kappa shape index (κ3) is 2.40. The topological polar surface area (TPSA) is 38.9 Å². The molecule has 0 atom stereocenters. The van der Waals surface area contributed by atoms with Crippen molar-refractivity contribution in [1.82, 2.24) is 9.97 Å². The van der Waals surface area contributed by atoms with Gasteiger partial charge in [-0.1, -0.05) is 12.1 Å². The average Bonchev–Trinajstić information content (AvgIpc) is 2.88. The van der Waals surface area contributed by atoms with Gasteiger partial charge < -0.3 is 4.42 Å². The molecule has 0 N–H and O–H groups in total. The van der Waals surface area contributed by atoms with Gasteiger partial charge >= 0.3 is 0 Å². The number of aromatic nitrogens is 2. The average molecular weight is 250 g/mol. The number of furan rings is 1. The van der Waals surface area contributed by atoms with E-state index in [0.29, 0.717) is 0 Å². The molecule has 0 saturated heterocycles. The van der Waals surface area contributed by atoms with Crippen molar-refractivity contribution in [3.8, 4) is 22.9 Å². The molecule has 0 fully saturated rings. The smallest absolute Gasteiger partial charge is 0.153 e. The molecule has 19 heavy (non-hydrogen) atoms. The standard InChI is InChI=1S/C16H14N2O/c1-11-5-3-7-13(17-11)15-9-10-16(19-15)14-8-4-6-12(2)18-14/h3-10H,1-2H3. The molecule has 0 amide bonds. The summed E-state index contributed by atoms with van der Waals surface area (Å²) in [6.07, 6.45) is 0. The van der Waals surface area contributed by atoms with E-state index >= 15 is 0 Å². The number of nitrogens with zero attached hydrogens (tertiary/aromatic N) is 2. The molecule has 0 aromatic carbocycles. The van der Waals surface area contributed by atoms with E-state index in [1.165, 1.54) is 0 Å². The Morgan fingerprint density at radius 2 is 1.16 bits per heavy atom. The zero-order valence-corrected chi connectivity index (χ0v) is 10.9. The van der Waals surface area contributed by atoms with Crippen LogP contribution < -0.4 is 0 Å². The second-order valence-electron chi connectivity index (χ2n) is 4.49. The summed E-state index contributed by atoms with van der Waals surface area (Å²) in [6, 6.07) is 15.6. The molecule has 0 radical (unpaired) electrons. The Morgan fingerprint density at radius 3 is 1.58 bits per heavy atom. The predicted octanol–water partition coefficient (Wildman–Crippen LogP) is 4.02. The predicted molar refractivity (Wildman–Crippen MR) is 74.6 cm³/mol. The van der Waals surface area contributed by atoms with E-state index in [2.05, 4.69) is 9.97 Å². The maximum absolute atomic E-state index is 5.84. The number of rotatable bonds is 2. The Morgan fingerprint density at radius 1 is 0.684 bits per heavy atom. The van der Waals surface area contributed by atoms with E-state index < -0.39 is 0 Å². The van der Waals surface area contributed by atoms with E-state index in [4.69, 9.17) is 4.42 Å². The minimum Gasteiger partial charge on any atom is -0.453 e. The molecule has 3 heteroatoms. The molecule has 0 saturated carbocycles. The highest BCUT2D eigenvalue weighted by Crippen LogP contribution is 2.26. The van der Waals surface area contributed by atoms with Crippen molar-refractivity contribution < 1.29 is 4.42 Å². The lowest BCUT2D eigenvalue weighted by molar-refractivity contribution is 0.592. The van der Waals surface area contributed by atoms with Gasteiger partial charge in [0.05, 0.1) is 0 Å². The van der Waals surface area contributed by atoms with E-state index in [1.807, 2.05) is 62.4 Å². The Kier molecular flexibility index (Phi) is 2.88. The van der Waals surface area contributed by atoms with Gasteiger partial charge in [0.15, 0.2) is 11.5 Å². The maximum atomic E-state index is 5.84.